The Hall–Kier alpha value is -3.23. The normalized spacial score (nSPS) is 11.9. The minimum absolute atomic E-state index is 0.0278. The van der Waals surface area contributed by atoms with Gasteiger partial charge in [-0.2, -0.15) is 8.42 Å². The first-order valence-electron chi connectivity index (χ1n) is 9.76. The van der Waals surface area contributed by atoms with Gasteiger partial charge >= 0.3 is 0 Å². The van der Waals surface area contributed by atoms with Gasteiger partial charge in [0.05, 0.1) is 18.4 Å². The van der Waals surface area contributed by atoms with E-state index in [0.29, 0.717) is 5.00 Å². The van der Waals surface area contributed by atoms with Crippen molar-refractivity contribution in [2.45, 2.75) is 18.5 Å². The van der Waals surface area contributed by atoms with E-state index in [1.807, 2.05) is 61.5 Å². The van der Waals surface area contributed by atoms with Crippen molar-refractivity contribution in [2.75, 3.05) is 4.31 Å². The Bertz CT molecular complexity index is 1510. The maximum atomic E-state index is 13.8. The smallest absolute Gasteiger partial charge is 0.284 e. The van der Waals surface area contributed by atoms with Crippen molar-refractivity contribution in [2.24, 2.45) is 7.05 Å². The van der Waals surface area contributed by atoms with Crippen LogP contribution < -0.4 is 4.31 Å². The maximum absolute atomic E-state index is 13.8. The molecule has 0 saturated heterocycles. The number of aryl methyl sites for hydroxylation is 2. The summed E-state index contributed by atoms with van der Waals surface area (Å²) in [5.74, 6) is 0. The lowest BCUT2D eigenvalue weighted by Gasteiger charge is -2.23. The van der Waals surface area contributed by atoms with E-state index < -0.39 is 10.0 Å². The lowest BCUT2D eigenvalue weighted by atomic mass is 10.1. The van der Waals surface area contributed by atoms with Crippen molar-refractivity contribution >= 4 is 47.4 Å². The summed E-state index contributed by atoms with van der Waals surface area (Å²) in [6.45, 7) is 2.14. The first-order valence-corrected chi connectivity index (χ1v) is 12.0. The van der Waals surface area contributed by atoms with Gasteiger partial charge in [-0.15, -0.1) is 11.3 Å². The van der Waals surface area contributed by atoms with E-state index in [1.54, 1.807) is 17.8 Å². The Labute approximate surface area is 184 Å². The van der Waals surface area contributed by atoms with Gasteiger partial charge in [0.2, 0.25) is 0 Å². The summed E-state index contributed by atoms with van der Waals surface area (Å²) in [5, 5.41) is 2.75. The Kier molecular flexibility index (Phi) is 4.75. The second-order valence-electron chi connectivity index (χ2n) is 7.41. The highest BCUT2D eigenvalue weighted by atomic mass is 32.2. The summed E-state index contributed by atoms with van der Waals surface area (Å²) in [6.07, 6.45) is 4.77. The van der Waals surface area contributed by atoms with Crippen molar-refractivity contribution in [3.8, 4) is 0 Å². The largest absolute Gasteiger partial charge is 0.339 e. The summed E-state index contributed by atoms with van der Waals surface area (Å²) in [5.41, 5.74) is 2.58. The zero-order chi connectivity index (χ0) is 21.6. The Morgan fingerprint density at radius 3 is 2.61 bits per heavy atom. The van der Waals surface area contributed by atoms with E-state index in [4.69, 9.17) is 0 Å². The molecule has 0 unspecified atom stereocenters. The van der Waals surface area contributed by atoms with Crippen LogP contribution in [-0.2, 0) is 23.6 Å². The highest BCUT2D eigenvalue weighted by molar-refractivity contribution is 7.93. The molecule has 156 valence electrons. The molecule has 0 fully saturated rings. The second kappa shape index (κ2) is 7.47. The number of para-hydroxylation sites is 1. The molecule has 2 aromatic carbocycles. The minimum Gasteiger partial charge on any atom is -0.339 e. The highest BCUT2D eigenvalue weighted by Gasteiger charge is 2.31. The maximum Gasteiger partial charge on any atom is 0.284 e. The fourth-order valence-corrected chi connectivity index (χ4v) is 6.64. The van der Waals surface area contributed by atoms with Crippen LogP contribution in [0.2, 0.25) is 0 Å². The van der Waals surface area contributed by atoms with E-state index in [1.165, 1.54) is 28.2 Å². The number of aromatic nitrogens is 3. The quantitative estimate of drug-likeness (QED) is 0.384. The van der Waals surface area contributed by atoms with Crippen LogP contribution >= 0.6 is 11.3 Å². The number of rotatable bonds is 5. The van der Waals surface area contributed by atoms with Gasteiger partial charge in [-0.05, 0) is 35.6 Å². The van der Waals surface area contributed by atoms with Gasteiger partial charge in [0, 0.05) is 29.5 Å². The molecule has 0 N–H and O–H groups in total. The van der Waals surface area contributed by atoms with Crippen LogP contribution in [0.1, 0.15) is 11.1 Å². The molecule has 0 spiro atoms. The molecule has 0 saturated carbocycles. The Balaban J connectivity index is 1.72. The van der Waals surface area contributed by atoms with Crippen LogP contribution in [0.3, 0.4) is 0 Å². The van der Waals surface area contributed by atoms with Gasteiger partial charge in [-0.25, -0.2) is 4.98 Å². The third kappa shape index (κ3) is 3.37. The summed E-state index contributed by atoms with van der Waals surface area (Å²) in [7, 11) is -2.13. The number of hydrogen-bond acceptors (Lipinski definition) is 5. The lowest BCUT2D eigenvalue weighted by Crippen LogP contribution is -2.30. The summed E-state index contributed by atoms with van der Waals surface area (Å²) in [6, 6.07) is 17.7. The molecule has 5 rings (SSSR count). The van der Waals surface area contributed by atoms with Crippen molar-refractivity contribution in [3.05, 3.63) is 84.4 Å². The molecule has 5 aromatic rings. The molecular weight excluding hydrogens is 428 g/mol. The van der Waals surface area contributed by atoms with Gasteiger partial charge < -0.3 is 4.57 Å². The van der Waals surface area contributed by atoms with Crippen LogP contribution in [0.5, 0.6) is 0 Å². The van der Waals surface area contributed by atoms with E-state index in [0.717, 1.165) is 32.1 Å². The Morgan fingerprint density at radius 1 is 1.03 bits per heavy atom. The van der Waals surface area contributed by atoms with Crippen LogP contribution in [-0.4, -0.2) is 23.0 Å². The average Bonchev–Trinajstić information content (AvgIpc) is 3.36. The molecule has 0 atom stereocenters. The van der Waals surface area contributed by atoms with Crippen LogP contribution in [0.15, 0.2) is 78.3 Å². The van der Waals surface area contributed by atoms with Crippen molar-refractivity contribution in [3.63, 3.8) is 0 Å². The SMILES string of the molecule is Cc1c(N(Cc2cccc3cccnc23)S(=O)(=O)c2cn(C)cn2)sc2ccccc12. The van der Waals surface area contributed by atoms with Crippen LogP contribution in [0, 0.1) is 6.92 Å². The molecular formula is C23H20N4O2S2. The molecule has 3 heterocycles. The van der Waals surface area contributed by atoms with Crippen LogP contribution in [0.4, 0.5) is 5.00 Å². The zero-order valence-corrected chi connectivity index (χ0v) is 18.7. The third-order valence-electron chi connectivity index (χ3n) is 5.31. The molecule has 31 heavy (non-hydrogen) atoms. The number of fused-ring (bicyclic) bond motifs is 2. The van der Waals surface area contributed by atoms with Gasteiger partial charge in [-0.1, -0.05) is 42.5 Å². The summed E-state index contributed by atoms with van der Waals surface area (Å²) >= 11 is 1.48. The van der Waals surface area contributed by atoms with Crippen molar-refractivity contribution in [1.29, 1.82) is 0 Å². The highest BCUT2D eigenvalue weighted by Crippen LogP contribution is 2.40. The molecule has 3 aromatic heterocycles. The predicted molar refractivity (Wildman–Crippen MR) is 125 cm³/mol. The topological polar surface area (TPSA) is 68.1 Å². The van der Waals surface area contributed by atoms with Gasteiger partial charge in [0.1, 0.15) is 5.00 Å². The number of thiophene rings is 1. The fourth-order valence-electron chi connectivity index (χ4n) is 3.75. The lowest BCUT2D eigenvalue weighted by molar-refractivity contribution is 0.587. The van der Waals surface area contributed by atoms with Gasteiger partial charge in [-0.3, -0.25) is 9.29 Å². The second-order valence-corrected chi connectivity index (χ2v) is 10.2. The summed E-state index contributed by atoms with van der Waals surface area (Å²) in [4.78, 5) is 8.66. The molecule has 0 radical (unpaired) electrons. The molecule has 0 aliphatic rings. The molecule has 0 aliphatic carbocycles. The van der Waals surface area contributed by atoms with Crippen molar-refractivity contribution < 1.29 is 8.42 Å². The average molecular weight is 449 g/mol. The molecule has 0 amide bonds. The van der Waals surface area contributed by atoms with E-state index >= 15 is 0 Å². The minimum atomic E-state index is -3.89. The number of sulfonamides is 1. The number of hydrogen-bond donors (Lipinski definition) is 0. The summed E-state index contributed by atoms with van der Waals surface area (Å²) < 4.78 is 31.7. The van der Waals surface area contributed by atoms with Crippen molar-refractivity contribution in [1.82, 2.24) is 14.5 Å². The van der Waals surface area contributed by atoms with Gasteiger partial charge in [0.25, 0.3) is 10.0 Å². The molecule has 0 aliphatic heterocycles. The number of pyridine rings is 1. The molecule has 8 heteroatoms. The number of benzene rings is 2. The van der Waals surface area contributed by atoms with E-state index in [-0.39, 0.29) is 11.6 Å². The first kappa shape index (κ1) is 19.7. The van der Waals surface area contributed by atoms with E-state index in [2.05, 4.69) is 9.97 Å². The van der Waals surface area contributed by atoms with Crippen LogP contribution in [0.25, 0.3) is 21.0 Å². The van der Waals surface area contributed by atoms with Gasteiger partial charge in [0.15, 0.2) is 5.03 Å². The van der Waals surface area contributed by atoms with E-state index in [9.17, 15) is 8.42 Å². The molecule has 6 nitrogen and oxygen atoms in total. The monoisotopic (exact) mass is 448 g/mol. The fraction of sp³-hybridized carbons (Fsp3) is 0.130. The predicted octanol–water partition coefficient (Wildman–Crippen LogP) is 4.89. The number of imidazole rings is 1. The third-order valence-corrected chi connectivity index (χ3v) is 8.35. The Morgan fingerprint density at radius 2 is 1.84 bits per heavy atom. The first-order chi connectivity index (χ1) is 14.9. The number of nitrogens with zero attached hydrogens (tertiary/aromatic N) is 4. The number of anilines is 1. The standard InChI is InChI=1S/C23H20N4O2S2/c1-16-19-10-3-4-11-20(19)30-23(16)27(31(28,29)21-14-26(2)15-25-21)13-18-8-5-7-17-9-6-12-24-22(17)18/h3-12,14-15H,13H2,1-2H3. The zero-order valence-electron chi connectivity index (χ0n) is 17.1. The molecule has 0 bridgehead atoms.